The SMILES string of the molecule is OC[C@@H]1CCCN1Cc1ncc(-c2ccc(F)cc2)o1. The minimum Gasteiger partial charge on any atom is -0.439 e. The lowest BCUT2D eigenvalue weighted by atomic mass is 10.2. The second-order valence-electron chi connectivity index (χ2n) is 5.07. The lowest BCUT2D eigenvalue weighted by Crippen LogP contribution is -2.31. The maximum atomic E-state index is 12.9. The van der Waals surface area contributed by atoms with Gasteiger partial charge in [0.05, 0.1) is 19.3 Å². The van der Waals surface area contributed by atoms with Crippen LogP contribution in [0.4, 0.5) is 4.39 Å². The third kappa shape index (κ3) is 2.73. The van der Waals surface area contributed by atoms with E-state index in [4.69, 9.17) is 4.42 Å². The molecule has 106 valence electrons. The van der Waals surface area contributed by atoms with E-state index in [1.165, 1.54) is 12.1 Å². The van der Waals surface area contributed by atoms with E-state index in [1.807, 2.05) is 0 Å². The maximum absolute atomic E-state index is 12.9. The molecular weight excluding hydrogens is 259 g/mol. The molecular formula is C15H17FN2O2. The zero-order chi connectivity index (χ0) is 13.9. The van der Waals surface area contributed by atoms with E-state index in [0.29, 0.717) is 18.2 Å². The first-order chi connectivity index (χ1) is 9.76. The second-order valence-corrected chi connectivity index (χ2v) is 5.07. The minimum atomic E-state index is -0.267. The van der Waals surface area contributed by atoms with E-state index in [0.717, 1.165) is 24.9 Å². The smallest absolute Gasteiger partial charge is 0.209 e. The summed E-state index contributed by atoms with van der Waals surface area (Å²) >= 11 is 0. The van der Waals surface area contributed by atoms with Crippen molar-refractivity contribution in [3.63, 3.8) is 0 Å². The Labute approximate surface area is 116 Å². The number of rotatable bonds is 4. The van der Waals surface area contributed by atoms with Gasteiger partial charge in [-0.1, -0.05) is 0 Å². The molecule has 5 heteroatoms. The van der Waals surface area contributed by atoms with Gasteiger partial charge < -0.3 is 9.52 Å². The molecule has 0 spiro atoms. The molecule has 0 aliphatic carbocycles. The third-order valence-corrected chi connectivity index (χ3v) is 3.73. The Morgan fingerprint density at radius 1 is 1.35 bits per heavy atom. The van der Waals surface area contributed by atoms with Crippen LogP contribution >= 0.6 is 0 Å². The first kappa shape index (κ1) is 13.3. The van der Waals surface area contributed by atoms with Crippen molar-refractivity contribution in [3.8, 4) is 11.3 Å². The minimum absolute atomic E-state index is 0.172. The van der Waals surface area contributed by atoms with Crippen molar-refractivity contribution >= 4 is 0 Å². The molecule has 4 nitrogen and oxygen atoms in total. The van der Waals surface area contributed by atoms with Crippen molar-refractivity contribution in [2.75, 3.05) is 13.2 Å². The molecule has 1 aliphatic rings. The highest BCUT2D eigenvalue weighted by Gasteiger charge is 2.25. The Bertz CT molecular complexity index is 568. The molecule has 1 aromatic heterocycles. The lowest BCUT2D eigenvalue weighted by molar-refractivity contribution is 0.144. The molecule has 1 atom stereocenters. The van der Waals surface area contributed by atoms with Gasteiger partial charge in [-0.05, 0) is 43.7 Å². The Morgan fingerprint density at radius 2 is 2.15 bits per heavy atom. The van der Waals surface area contributed by atoms with Crippen molar-refractivity contribution in [1.82, 2.24) is 9.88 Å². The molecule has 0 saturated carbocycles. The quantitative estimate of drug-likeness (QED) is 0.932. The highest BCUT2D eigenvalue weighted by molar-refractivity contribution is 5.55. The third-order valence-electron chi connectivity index (χ3n) is 3.73. The van der Waals surface area contributed by atoms with Crippen LogP contribution < -0.4 is 0 Å². The number of aliphatic hydroxyl groups excluding tert-OH is 1. The van der Waals surface area contributed by atoms with Gasteiger partial charge in [-0.2, -0.15) is 0 Å². The Morgan fingerprint density at radius 3 is 2.90 bits per heavy atom. The topological polar surface area (TPSA) is 49.5 Å². The second kappa shape index (κ2) is 5.73. The number of aliphatic hydroxyl groups is 1. The molecule has 1 N–H and O–H groups in total. The van der Waals surface area contributed by atoms with Crippen molar-refractivity contribution in [2.24, 2.45) is 0 Å². The average Bonchev–Trinajstić information content (AvgIpc) is 3.09. The zero-order valence-corrected chi connectivity index (χ0v) is 11.1. The molecule has 0 radical (unpaired) electrons. The fourth-order valence-corrected chi connectivity index (χ4v) is 2.61. The molecule has 1 aromatic carbocycles. The van der Waals surface area contributed by atoms with Gasteiger partial charge >= 0.3 is 0 Å². The van der Waals surface area contributed by atoms with Gasteiger partial charge in [-0.3, -0.25) is 4.90 Å². The van der Waals surface area contributed by atoms with E-state index in [1.54, 1.807) is 18.3 Å². The Balaban J connectivity index is 1.72. The normalized spacial score (nSPS) is 19.6. The highest BCUT2D eigenvalue weighted by atomic mass is 19.1. The summed E-state index contributed by atoms with van der Waals surface area (Å²) in [6, 6.07) is 6.36. The van der Waals surface area contributed by atoms with Gasteiger partial charge in [0.15, 0.2) is 5.76 Å². The van der Waals surface area contributed by atoms with Crippen LogP contribution in [0.1, 0.15) is 18.7 Å². The summed E-state index contributed by atoms with van der Waals surface area (Å²) in [5.41, 5.74) is 0.810. The predicted octanol–water partition coefficient (Wildman–Crippen LogP) is 2.44. The van der Waals surface area contributed by atoms with E-state index < -0.39 is 0 Å². The average molecular weight is 276 g/mol. The van der Waals surface area contributed by atoms with Crippen LogP contribution in [0.15, 0.2) is 34.9 Å². The molecule has 1 fully saturated rings. The summed E-state index contributed by atoms with van der Waals surface area (Å²) in [5.74, 6) is 1.00. The summed E-state index contributed by atoms with van der Waals surface area (Å²) in [6.07, 6.45) is 3.77. The lowest BCUT2D eigenvalue weighted by Gasteiger charge is -2.20. The molecule has 0 unspecified atom stereocenters. The summed E-state index contributed by atoms with van der Waals surface area (Å²) in [5, 5.41) is 9.30. The van der Waals surface area contributed by atoms with Gasteiger partial charge in [-0.15, -0.1) is 0 Å². The van der Waals surface area contributed by atoms with Crippen LogP contribution in [-0.4, -0.2) is 34.2 Å². The molecule has 0 bridgehead atoms. The van der Waals surface area contributed by atoms with E-state index in [-0.39, 0.29) is 18.5 Å². The van der Waals surface area contributed by atoms with Gasteiger partial charge in [0.2, 0.25) is 5.89 Å². The van der Waals surface area contributed by atoms with Crippen LogP contribution in [0.25, 0.3) is 11.3 Å². The molecule has 20 heavy (non-hydrogen) atoms. The first-order valence-corrected chi connectivity index (χ1v) is 6.82. The van der Waals surface area contributed by atoms with Crippen molar-refractivity contribution in [1.29, 1.82) is 0 Å². The number of benzene rings is 1. The molecule has 1 saturated heterocycles. The maximum Gasteiger partial charge on any atom is 0.209 e. The number of aromatic nitrogens is 1. The van der Waals surface area contributed by atoms with Gasteiger partial charge in [-0.25, -0.2) is 9.37 Å². The largest absolute Gasteiger partial charge is 0.439 e. The van der Waals surface area contributed by atoms with E-state index >= 15 is 0 Å². The molecule has 2 heterocycles. The predicted molar refractivity (Wildman–Crippen MR) is 72.4 cm³/mol. The first-order valence-electron chi connectivity index (χ1n) is 6.82. The zero-order valence-electron chi connectivity index (χ0n) is 11.1. The monoisotopic (exact) mass is 276 g/mol. The number of likely N-dealkylation sites (tertiary alicyclic amines) is 1. The Kier molecular flexibility index (Phi) is 3.80. The molecule has 2 aromatic rings. The number of hydrogen-bond donors (Lipinski definition) is 1. The number of hydrogen-bond acceptors (Lipinski definition) is 4. The van der Waals surface area contributed by atoms with Crippen LogP contribution in [0.5, 0.6) is 0 Å². The molecule has 0 amide bonds. The summed E-state index contributed by atoms with van der Waals surface area (Å²) < 4.78 is 18.6. The van der Waals surface area contributed by atoms with Gasteiger partial charge in [0.1, 0.15) is 5.82 Å². The Hall–Kier alpha value is -1.72. The molecule has 3 rings (SSSR count). The summed E-state index contributed by atoms with van der Waals surface area (Å²) in [6.45, 7) is 1.73. The molecule has 1 aliphatic heterocycles. The van der Waals surface area contributed by atoms with E-state index in [2.05, 4.69) is 9.88 Å². The van der Waals surface area contributed by atoms with Crippen LogP contribution in [-0.2, 0) is 6.54 Å². The van der Waals surface area contributed by atoms with Crippen molar-refractivity contribution in [2.45, 2.75) is 25.4 Å². The summed E-state index contributed by atoms with van der Waals surface area (Å²) in [4.78, 5) is 6.44. The summed E-state index contributed by atoms with van der Waals surface area (Å²) in [7, 11) is 0. The van der Waals surface area contributed by atoms with Gasteiger partial charge in [0, 0.05) is 11.6 Å². The van der Waals surface area contributed by atoms with Crippen LogP contribution in [0, 0.1) is 5.82 Å². The fourth-order valence-electron chi connectivity index (χ4n) is 2.61. The number of oxazole rings is 1. The standard InChI is InChI=1S/C15H17FN2O2/c16-12-5-3-11(4-6-12)14-8-17-15(20-14)9-18-7-1-2-13(18)10-19/h3-6,8,13,19H,1-2,7,9-10H2/t13-/m0/s1. The van der Waals surface area contributed by atoms with Crippen LogP contribution in [0.2, 0.25) is 0 Å². The number of halogens is 1. The van der Waals surface area contributed by atoms with Gasteiger partial charge in [0.25, 0.3) is 0 Å². The van der Waals surface area contributed by atoms with E-state index in [9.17, 15) is 9.50 Å². The van der Waals surface area contributed by atoms with Crippen molar-refractivity contribution < 1.29 is 13.9 Å². The highest BCUT2D eigenvalue weighted by Crippen LogP contribution is 2.23. The fraction of sp³-hybridized carbons (Fsp3) is 0.400. The number of nitrogens with zero attached hydrogens (tertiary/aromatic N) is 2. The van der Waals surface area contributed by atoms with Crippen LogP contribution in [0.3, 0.4) is 0 Å². The van der Waals surface area contributed by atoms with Crippen molar-refractivity contribution in [3.05, 3.63) is 42.2 Å².